The van der Waals surface area contributed by atoms with Gasteiger partial charge in [-0.2, -0.15) is 0 Å². The van der Waals surface area contributed by atoms with E-state index < -0.39 is 0 Å². The molecule has 3 N–H and O–H groups in total. The third kappa shape index (κ3) is 63.1. The SMILES string of the molecule is CC(C)CO.CC(C)CO.CC(C)CO.[Al]. The lowest BCUT2D eigenvalue weighted by Gasteiger charge is -1.90. The number of rotatable bonds is 3. The summed E-state index contributed by atoms with van der Waals surface area (Å²) in [6.07, 6.45) is 0. The first-order valence-corrected chi connectivity index (χ1v) is 5.64. The molecule has 0 aromatic carbocycles. The summed E-state index contributed by atoms with van der Waals surface area (Å²) in [6.45, 7) is 12.7. The van der Waals surface area contributed by atoms with Gasteiger partial charge >= 0.3 is 0 Å². The maximum Gasteiger partial charge on any atom is 0.0453 e. The molecule has 0 spiro atoms. The van der Waals surface area contributed by atoms with E-state index in [-0.39, 0.29) is 17.4 Å². The molecule has 0 saturated carbocycles. The van der Waals surface area contributed by atoms with Gasteiger partial charge in [0, 0.05) is 37.2 Å². The van der Waals surface area contributed by atoms with Crippen molar-refractivity contribution in [3.8, 4) is 0 Å². The molecule has 0 bridgehead atoms. The highest BCUT2D eigenvalue weighted by molar-refractivity contribution is 5.75. The second-order valence-electron chi connectivity index (χ2n) is 4.73. The Bertz CT molecular complexity index is 77.2. The summed E-state index contributed by atoms with van der Waals surface area (Å²) in [5.74, 6) is 1.32. The van der Waals surface area contributed by atoms with Gasteiger partial charge in [-0.15, -0.1) is 0 Å². The molecule has 0 atom stereocenters. The topological polar surface area (TPSA) is 60.7 Å². The molecule has 0 unspecified atom stereocenters. The molecular weight excluding hydrogens is 219 g/mol. The van der Waals surface area contributed by atoms with Crippen molar-refractivity contribution in [3.05, 3.63) is 0 Å². The van der Waals surface area contributed by atoms with Crippen LogP contribution in [-0.2, 0) is 0 Å². The smallest absolute Gasteiger partial charge is 0.0453 e. The summed E-state index contributed by atoms with van der Waals surface area (Å²) >= 11 is 0. The van der Waals surface area contributed by atoms with Crippen LogP contribution in [0.4, 0.5) is 0 Å². The monoisotopic (exact) mass is 249 g/mol. The Morgan fingerprint density at radius 2 is 0.625 bits per heavy atom. The highest BCUT2D eigenvalue weighted by Crippen LogP contribution is 1.84. The normalized spacial score (nSPS) is 9.00. The minimum Gasteiger partial charge on any atom is -0.396 e. The Morgan fingerprint density at radius 1 is 0.562 bits per heavy atom. The van der Waals surface area contributed by atoms with E-state index in [9.17, 15) is 0 Å². The Morgan fingerprint density at radius 3 is 0.625 bits per heavy atom. The Balaban J connectivity index is -0.0000000655. The lowest BCUT2D eigenvalue weighted by Crippen LogP contribution is -1.90. The van der Waals surface area contributed by atoms with Crippen molar-refractivity contribution in [3.63, 3.8) is 0 Å². The van der Waals surface area contributed by atoms with E-state index in [4.69, 9.17) is 15.3 Å². The fraction of sp³-hybridized carbons (Fsp3) is 1.00. The van der Waals surface area contributed by atoms with Gasteiger partial charge in [0.25, 0.3) is 0 Å². The van der Waals surface area contributed by atoms with Crippen LogP contribution in [0.3, 0.4) is 0 Å². The number of aliphatic hydroxyl groups is 3. The average Bonchev–Trinajstić information content (AvgIpc) is 2.19. The van der Waals surface area contributed by atoms with E-state index in [0.717, 1.165) is 0 Å². The first-order chi connectivity index (χ1) is 6.81. The second-order valence-corrected chi connectivity index (χ2v) is 4.73. The Hall–Kier alpha value is 0.412. The van der Waals surface area contributed by atoms with Crippen molar-refractivity contribution in [2.75, 3.05) is 19.8 Å². The van der Waals surface area contributed by atoms with Crippen LogP contribution in [0.1, 0.15) is 41.5 Å². The first-order valence-electron chi connectivity index (χ1n) is 5.64. The van der Waals surface area contributed by atoms with Crippen LogP contribution in [0.15, 0.2) is 0 Å². The van der Waals surface area contributed by atoms with Crippen molar-refractivity contribution in [2.24, 2.45) is 17.8 Å². The summed E-state index contributed by atoms with van der Waals surface area (Å²) < 4.78 is 0. The van der Waals surface area contributed by atoms with Crippen molar-refractivity contribution in [1.29, 1.82) is 0 Å². The molecule has 99 valence electrons. The minimum atomic E-state index is 0. The quantitative estimate of drug-likeness (QED) is 0.665. The molecule has 0 heterocycles. The molecule has 0 aliphatic heterocycles. The second kappa shape index (κ2) is 20.8. The third-order valence-electron chi connectivity index (χ3n) is 1.10. The van der Waals surface area contributed by atoms with Gasteiger partial charge in [-0.25, -0.2) is 0 Å². The van der Waals surface area contributed by atoms with E-state index in [0.29, 0.717) is 37.6 Å². The van der Waals surface area contributed by atoms with Crippen molar-refractivity contribution in [2.45, 2.75) is 41.5 Å². The van der Waals surface area contributed by atoms with Crippen LogP contribution >= 0.6 is 0 Å². The van der Waals surface area contributed by atoms with Gasteiger partial charge in [0.2, 0.25) is 0 Å². The zero-order chi connectivity index (χ0) is 12.9. The van der Waals surface area contributed by atoms with E-state index in [1.807, 2.05) is 41.5 Å². The van der Waals surface area contributed by atoms with Gasteiger partial charge in [-0.1, -0.05) is 41.5 Å². The lowest BCUT2D eigenvalue weighted by atomic mass is 10.2. The van der Waals surface area contributed by atoms with Crippen LogP contribution in [0.2, 0.25) is 0 Å². The molecule has 0 amide bonds. The average molecular weight is 249 g/mol. The van der Waals surface area contributed by atoms with Crippen molar-refractivity contribution < 1.29 is 15.3 Å². The van der Waals surface area contributed by atoms with Gasteiger partial charge in [-0.05, 0) is 17.8 Å². The summed E-state index contributed by atoms with van der Waals surface area (Å²) in [5, 5.41) is 24.4. The molecule has 16 heavy (non-hydrogen) atoms. The summed E-state index contributed by atoms with van der Waals surface area (Å²) in [7, 11) is 0. The predicted molar refractivity (Wildman–Crippen MR) is 71.5 cm³/mol. The molecule has 0 saturated heterocycles. The molecule has 0 fully saturated rings. The highest BCUT2D eigenvalue weighted by Gasteiger charge is 1.82. The van der Waals surface area contributed by atoms with E-state index in [1.54, 1.807) is 0 Å². The van der Waals surface area contributed by atoms with Crippen molar-refractivity contribution in [1.82, 2.24) is 0 Å². The molecule has 3 nitrogen and oxygen atoms in total. The van der Waals surface area contributed by atoms with Crippen LogP contribution in [0.25, 0.3) is 0 Å². The number of hydrogen-bond acceptors (Lipinski definition) is 3. The molecule has 0 rings (SSSR count). The van der Waals surface area contributed by atoms with Gasteiger partial charge in [0.05, 0.1) is 0 Å². The molecule has 4 heteroatoms. The van der Waals surface area contributed by atoms with Gasteiger partial charge in [0.15, 0.2) is 0 Å². The Kier molecular flexibility index (Phi) is 32.9. The van der Waals surface area contributed by atoms with E-state index >= 15 is 0 Å². The van der Waals surface area contributed by atoms with Crippen LogP contribution in [0.5, 0.6) is 0 Å². The van der Waals surface area contributed by atoms with E-state index in [2.05, 4.69) is 0 Å². The molecule has 0 aliphatic carbocycles. The molecule has 3 radical (unpaired) electrons. The zero-order valence-electron chi connectivity index (χ0n) is 11.8. The van der Waals surface area contributed by atoms with E-state index in [1.165, 1.54) is 0 Å². The molecular formula is C12H30AlO3. The fourth-order valence-corrected chi connectivity index (χ4v) is 0. The first kappa shape index (κ1) is 25.3. The molecule has 0 aliphatic rings. The maximum absolute atomic E-state index is 8.14. The molecule has 0 aromatic rings. The van der Waals surface area contributed by atoms with Gasteiger partial charge < -0.3 is 15.3 Å². The standard InChI is InChI=1S/3C4H10O.Al/c3*1-4(2)3-5;/h3*4-5H,3H2,1-2H3;. The van der Waals surface area contributed by atoms with Crippen LogP contribution in [0, 0.1) is 17.8 Å². The maximum atomic E-state index is 8.14. The lowest BCUT2D eigenvalue weighted by molar-refractivity contribution is 0.248. The summed E-state index contributed by atoms with van der Waals surface area (Å²) in [4.78, 5) is 0. The zero-order valence-corrected chi connectivity index (χ0v) is 12.9. The summed E-state index contributed by atoms with van der Waals surface area (Å²) in [6, 6.07) is 0. The van der Waals surface area contributed by atoms with Crippen molar-refractivity contribution >= 4 is 17.4 Å². The largest absolute Gasteiger partial charge is 0.396 e. The Labute approximate surface area is 112 Å². The number of hydrogen-bond donors (Lipinski definition) is 3. The minimum absolute atomic E-state index is 0. The number of aliphatic hydroxyl groups excluding tert-OH is 3. The van der Waals surface area contributed by atoms with Gasteiger partial charge in [-0.3, -0.25) is 0 Å². The third-order valence-corrected chi connectivity index (χ3v) is 1.10. The van der Waals surface area contributed by atoms with Crippen LogP contribution < -0.4 is 0 Å². The van der Waals surface area contributed by atoms with Crippen LogP contribution in [-0.4, -0.2) is 52.5 Å². The summed E-state index contributed by atoms with van der Waals surface area (Å²) in [5.41, 5.74) is 0. The van der Waals surface area contributed by atoms with Gasteiger partial charge in [0.1, 0.15) is 0 Å². The fourth-order valence-electron chi connectivity index (χ4n) is 0. The predicted octanol–water partition coefficient (Wildman–Crippen LogP) is 1.52. The molecule has 0 aromatic heterocycles. The highest BCUT2D eigenvalue weighted by atomic mass is 27.0.